The van der Waals surface area contributed by atoms with Crippen molar-refractivity contribution in [3.05, 3.63) is 235 Å². The maximum Gasteiger partial charge on any atom is 0.287 e. The maximum atomic E-state index is 14.4. The van der Waals surface area contributed by atoms with Crippen molar-refractivity contribution in [2.24, 2.45) is 28.2 Å². The molecule has 0 N–H and O–H groups in total. The number of para-hydroxylation sites is 1. The van der Waals surface area contributed by atoms with Crippen LogP contribution in [0.25, 0.3) is 88.6 Å². The molecule has 518 valence electrons. The van der Waals surface area contributed by atoms with E-state index in [1.165, 1.54) is 106 Å². The second-order valence-electron chi connectivity index (χ2n) is 30.0. The van der Waals surface area contributed by atoms with E-state index in [-0.39, 0.29) is 23.3 Å². The van der Waals surface area contributed by atoms with E-state index in [0.717, 1.165) is 133 Å². The molecule has 4 aliphatic carbocycles. The lowest BCUT2D eigenvalue weighted by molar-refractivity contribution is -0.662. The first-order valence-electron chi connectivity index (χ1n) is 36.6. The summed E-state index contributed by atoms with van der Waals surface area (Å²) >= 11 is 0. The Morgan fingerprint density at radius 3 is 0.980 bits per heavy atom. The summed E-state index contributed by atoms with van der Waals surface area (Å²) in [7, 11) is 8.07. The van der Waals surface area contributed by atoms with Crippen molar-refractivity contribution in [3.8, 4) is 45.0 Å². The fourth-order valence-corrected chi connectivity index (χ4v) is 16.1. The molecule has 101 heavy (non-hydrogen) atoms. The Morgan fingerprint density at radius 1 is 0.297 bits per heavy atom. The Balaban J connectivity index is 0.000000120. The standard InChI is InChI=1S/C23H26FN2.3C22H24FN2/c1-14-11-19(15(2)16(3)22(14)24)23-20-12-18(17-7-5-6-8-17)9-10-21(20)25-13-26(23)4;1-13-11-19(14(2)15(3)20(13)23)22-18-10-6-9-17(16-7-5-8-16)21(18)24-12-25(22)4;1-13-10-18(14(2)15(3)21(13)23)22-19-11-17(16-6-5-7-16)8-9-20(19)24-12-25(22)4;1-13-10-19(14(2)15(3)21(13)23)22-18-9-8-17(16-6-5-7-16)11-20(18)24-12-25(22)4/h9-13,17H,5-8H2,1-4H3;6,9-12,16H,5,7-8H2,1-4H3;2*8-12,16H,5-7H2,1-4H3/q4*+1. The summed E-state index contributed by atoms with van der Waals surface area (Å²) in [5, 5.41) is 4.60. The molecule has 0 atom stereocenters. The first kappa shape index (κ1) is 70.3. The van der Waals surface area contributed by atoms with Gasteiger partial charge in [-0.2, -0.15) is 0 Å². The van der Waals surface area contributed by atoms with Gasteiger partial charge in [-0.15, -0.1) is 0 Å². The Hall–Kier alpha value is -9.16. The molecule has 12 heteroatoms. The molecule has 12 aromatic rings. The van der Waals surface area contributed by atoms with Crippen molar-refractivity contribution in [2.75, 3.05) is 0 Å². The molecule has 4 fully saturated rings. The molecule has 0 bridgehead atoms. The van der Waals surface area contributed by atoms with Crippen LogP contribution in [0.5, 0.6) is 0 Å². The number of hydrogen-bond donors (Lipinski definition) is 0. The highest BCUT2D eigenvalue weighted by molar-refractivity contribution is 5.96. The summed E-state index contributed by atoms with van der Waals surface area (Å²) < 4.78 is 65.5. The van der Waals surface area contributed by atoms with Gasteiger partial charge in [0.2, 0.25) is 0 Å². The summed E-state index contributed by atoms with van der Waals surface area (Å²) in [6, 6.07) is 34.4. The molecule has 4 heterocycles. The van der Waals surface area contributed by atoms with Gasteiger partial charge < -0.3 is 0 Å². The predicted octanol–water partition coefficient (Wildman–Crippen LogP) is 20.6. The summed E-state index contributed by atoms with van der Waals surface area (Å²) in [6.45, 7) is 22.9. The van der Waals surface area contributed by atoms with Crippen LogP contribution in [0.2, 0.25) is 0 Å². The number of nitrogens with zero attached hydrogens (tertiary/aromatic N) is 8. The quantitative estimate of drug-likeness (QED) is 0.112. The molecule has 0 radical (unpaired) electrons. The first-order valence-corrected chi connectivity index (χ1v) is 36.6. The molecule has 16 rings (SSSR count). The molecule has 8 aromatic carbocycles. The topological polar surface area (TPSA) is 67.1 Å². The summed E-state index contributed by atoms with van der Waals surface area (Å²) in [6.07, 6.45) is 24.3. The van der Waals surface area contributed by atoms with Crippen molar-refractivity contribution in [1.82, 2.24) is 19.9 Å². The van der Waals surface area contributed by atoms with E-state index in [9.17, 15) is 17.6 Å². The van der Waals surface area contributed by atoms with Crippen LogP contribution in [0.15, 0.2) is 122 Å². The maximum absolute atomic E-state index is 14.4. The molecule has 8 nitrogen and oxygen atoms in total. The number of halogens is 4. The third-order valence-electron chi connectivity index (χ3n) is 23.6. The van der Waals surface area contributed by atoms with Crippen LogP contribution in [0.1, 0.15) is 196 Å². The minimum Gasteiger partial charge on any atom is -0.232 e. The zero-order chi connectivity index (χ0) is 71.6. The molecular formula is C89H98F4N8+4. The van der Waals surface area contributed by atoms with E-state index < -0.39 is 0 Å². The number of aryl methyl sites for hydroxylation is 8. The third kappa shape index (κ3) is 13.2. The van der Waals surface area contributed by atoms with E-state index in [0.29, 0.717) is 45.9 Å². The Bertz CT molecular complexity index is 5190. The highest BCUT2D eigenvalue weighted by Crippen LogP contribution is 2.44. The number of rotatable bonds is 8. The number of hydrogen-bond acceptors (Lipinski definition) is 4. The minimum atomic E-state index is -0.102. The molecule has 4 aliphatic rings. The molecule has 4 saturated carbocycles. The van der Waals surface area contributed by atoms with Crippen molar-refractivity contribution < 1.29 is 35.8 Å². The normalized spacial score (nSPS) is 14.9. The second-order valence-corrected chi connectivity index (χ2v) is 30.0. The molecule has 0 aliphatic heterocycles. The van der Waals surface area contributed by atoms with Crippen molar-refractivity contribution in [3.63, 3.8) is 0 Å². The Morgan fingerprint density at radius 2 is 0.614 bits per heavy atom. The van der Waals surface area contributed by atoms with Gasteiger partial charge in [0.15, 0.2) is 22.1 Å². The summed E-state index contributed by atoms with van der Waals surface area (Å²) in [4.78, 5) is 18.6. The highest BCUT2D eigenvalue weighted by Gasteiger charge is 2.31. The van der Waals surface area contributed by atoms with Gasteiger partial charge in [-0.1, -0.05) is 62.4 Å². The SMILES string of the molecule is Cc1cc(-c2c3cc(C4CCC4)ccc3nc[n+]2C)c(C)c(C)c1F.Cc1cc(-c2c3cc(C4CCCC4)ccc3nc[n+]2C)c(C)c(C)c1F.Cc1cc(-c2c3ccc(C4CCC4)cc3nc[n+]2C)c(C)c(C)c1F.Cc1cc(-c2c3cccc(C4CCC4)c3nc[n+]2C)c(C)c(C)c1F. The van der Waals surface area contributed by atoms with Gasteiger partial charge in [-0.05, 0) is 328 Å². The van der Waals surface area contributed by atoms with Gasteiger partial charge in [0, 0.05) is 27.8 Å². The summed E-state index contributed by atoms with van der Waals surface area (Å²) in [5.41, 5.74) is 28.2. The average Bonchev–Trinajstić information content (AvgIpc) is 1.04. The fourth-order valence-electron chi connectivity index (χ4n) is 16.1. The van der Waals surface area contributed by atoms with Gasteiger partial charge in [0.1, 0.15) is 46.0 Å². The Kier molecular flexibility index (Phi) is 20.0. The number of fused-ring (bicyclic) bond motifs is 4. The van der Waals surface area contributed by atoms with Crippen LogP contribution in [0.3, 0.4) is 0 Å². The van der Waals surface area contributed by atoms with Crippen molar-refractivity contribution in [2.45, 2.75) is 190 Å². The zero-order valence-corrected chi connectivity index (χ0v) is 62.1. The lowest BCUT2D eigenvalue weighted by atomic mass is 9.79. The zero-order valence-electron chi connectivity index (χ0n) is 62.1. The lowest BCUT2D eigenvalue weighted by Gasteiger charge is -2.25. The number of aromatic nitrogens is 8. The van der Waals surface area contributed by atoms with Gasteiger partial charge >= 0.3 is 0 Å². The lowest BCUT2D eigenvalue weighted by Crippen LogP contribution is -2.32. The molecule has 0 amide bonds. The monoisotopic (exact) mass is 1350 g/mol. The van der Waals surface area contributed by atoms with Crippen LogP contribution in [-0.4, -0.2) is 19.9 Å². The first-order chi connectivity index (χ1) is 48.4. The molecule has 0 unspecified atom stereocenters. The van der Waals surface area contributed by atoms with Gasteiger partial charge in [0.25, 0.3) is 25.3 Å². The Labute approximate surface area is 594 Å². The van der Waals surface area contributed by atoms with E-state index in [1.54, 1.807) is 0 Å². The molecular weight excluding hydrogens is 1260 g/mol. The molecule has 0 saturated heterocycles. The predicted molar refractivity (Wildman–Crippen MR) is 401 cm³/mol. The van der Waals surface area contributed by atoms with Crippen molar-refractivity contribution >= 4 is 43.6 Å². The van der Waals surface area contributed by atoms with Gasteiger partial charge in [-0.25, -0.2) is 35.8 Å². The van der Waals surface area contributed by atoms with Crippen LogP contribution >= 0.6 is 0 Å². The number of benzene rings is 8. The van der Waals surface area contributed by atoms with E-state index >= 15 is 0 Å². The molecule has 0 spiro atoms. The van der Waals surface area contributed by atoms with E-state index in [1.807, 2.05) is 165 Å². The van der Waals surface area contributed by atoms with Crippen LogP contribution in [0.4, 0.5) is 17.6 Å². The molecule has 4 aromatic heterocycles. The smallest absolute Gasteiger partial charge is 0.232 e. The largest absolute Gasteiger partial charge is 0.287 e. The fraction of sp³-hybridized carbons (Fsp3) is 0.371. The van der Waals surface area contributed by atoms with E-state index in [4.69, 9.17) is 4.98 Å². The van der Waals surface area contributed by atoms with Crippen LogP contribution in [0, 0.1) is 106 Å². The van der Waals surface area contributed by atoms with Crippen LogP contribution < -0.4 is 18.3 Å². The van der Waals surface area contributed by atoms with Crippen LogP contribution in [-0.2, 0) is 28.2 Å². The highest BCUT2D eigenvalue weighted by atomic mass is 19.1. The van der Waals surface area contributed by atoms with Crippen molar-refractivity contribution in [1.29, 1.82) is 0 Å². The third-order valence-corrected chi connectivity index (χ3v) is 23.6. The van der Waals surface area contributed by atoms with E-state index in [2.05, 4.69) is 101 Å². The summed E-state index contributed by atoms with van der Waals surface area (Å²) in [5.74, 6) is 2.27. The van der Waals surface area contributed by atoms with Gasteiger partial charge in [0.05, 0.1) is 49.7 Å². The second kappa shape index (κ2) is 28.7. The van der Waals surface area contributed by atoms with Gasteiger partial charge in [-0.3, -0.25) is 0 Å². The minimum absolute atomic E-state index is 0.0982. The average molecular weight is 1360 g/mol.